The summed E-state index contributed by atoms with van der Waals surface area (Å²) in [6.45, 7) is 2.21. The van der Waals surface area contributed by atoms with E-state index in [0.29, 0.717) is 32.8 Å². The largest absolute Gasteiger partial charge is 0.382 e. The van der Waals surface area contributed by atoms with Gasteiger partial charge in [0.25, 0.3) is 0 Å². The number of carbonyl (C=O) groups is 1. The highest BCUT2D eigenvalue weighted by molar-refractivity contribution is 5.90. The van der Waals surface area contributed by atoms with Gasteiger partial charge in [-0.2, -0.15) is 0 Å². The van der Waals surface area contributed by atoms with Crippen LogP contribution in [-0.4, -0.2) is 57.6 Å². The van der Waals surface area contributed by atoms with Crippen LogP contribution in [0, 0.1) is 0 Å². The van der Waals surface area contributed by atoms with E-state index < -0.39 is 0 Å². The van der Waals surface area contributed by atoms with Gasteiger partial charge in [0, 0.05) is 13.5 Å². The highest BCUT2D eigenvalue weighted by atomic mass is 16.6. The van der Waals surface area contributed by atoms with Gasteiger partial charge in [0.2, 0.25) is 0 Å². The van der Waals surface area contributed by atoms with Crippen LogP contribution in [0.25, 0.3) is 0 Å². The van der Waals surface area contributed by atoms with E-state index >= 15 is 0 Å². The summed E-state index contributed by atoms with van der Waals surface area (Å²) in [4.78, 5) is 11.2. The third-order valence-corrected chi connectivity index (χ3v) is 2.62. The summed E-state index contributed by atoms with van der Waals surface area (Å²) < 4.78 is 20.8. The molecule has 0 N–H and O–H groups in total. The Morgan fingerprint density at radius 1 is 1.40 bits per heavy atom. The number of hydrogen-bond acceptors (Lipinski definition) is 5. The maximum atomic E-state index is 11.2. The van der Waals surface area contributed by atoms with Gasteiger partial charge in [-0.3, -0.25) is 4.79 Å². The van der Waals surface area contributed by atoms with Crippen molar-refractivity contribution in [1.29, 1.82) is 0 Å². The van der Waals surface area contributed by atoms with E-state index in [1.807, 2.05) is 0 Å². The van der Waals surface area contributed by atoms with Gasteiger partial charge in [0.05, 0.1) is 32.5 Å². The molecule has 0 radical (unpaired) electrons. The third-order valence-electron chi connectivity index (χ3n) is 2.62. The topological polar surface area (TPSA) is 54.0 Å². The number of ether oxygens (including phenoxy) is 4. The molecule has 0 spiro atoms. The number of hydrogen-bond donors (Lipinski definition) is 0. The molecule has 0 amide bonds. The molecule has 1 saturated carbocycles. The lowest BCUT2D eigenvalue weighted by Crippen LogP contribution is -2.54. The quantitative estimate of drug-likeness (QED) is 0.574. The second kappa shape index (κ2) is 5.03. The minimum absolute atomic E-state index is 0.0803. The van der Waals surface area contributed by atoms with Crippen molar-refractivity contribution in [2.75, 3.05) is 33.5 Å². The molecular weight excluding hydrogens is 200 g/mol. The monoisotopic (exact) mass is 216 g/mol. The predicted octanol–water partition coefficient (Wildman–Crippen LogP) is -0.225. The normalized spacial score (nSPS) is 31.1. The molecule has 1 aliphatic carbocycles. The smallest absolute Gasteiger partial charge is 0.166 e. The van der Waals surface area contributed by atoms with E-state index in [1.165, 1.54) is 0 Å². The van der Waals surface area contributed by atoms with Crippen LogP contribution in [0.5, 0.6) is 0 Å². The highest BCUT2D eigenvalue weighted by Crippen LogP contribution is 2.25. The molecule has 2 rings (SSSR count). The van der Waals surface area contributed by atoms with Crippen molar-refractivity contribution in [3.8, 4) is 0 Å². The highest BCUT2D eigenvalue weighted by Gasteiger charge is 2.43. The zero-order valence-corrected chi connectivity index (χ0v) is 8.81. The van der Waals surface area contributed by atoms with E-state index in [4.69, 9.17) is 18.9 Å². The van der Waals surface area contributed by atoms with Crippen LogP contribution in [0.3, 0.4) is 0 Å². The van der Waals surface area contributed by atoms with E-state index in [1.54, 1.807) is 7.11 Å². The Hall–Kier alpha value is -0.490. The molecule has 2 aliphatic rings. The Morgan fingerprint density at radius 2 is 2.20 bits per heavy atom. The van der Waals surface area contributed by atoms with Crippen LogP contribution in [0.4, 0.5) is 0 Å². The Morgan fingerprint density at radius 3 is 2.73 bits per heavy atom. The van der Waals surface area contributed by atoms with Gasteiger partial charge >= 0.3 is 0 Å². The van der Waals surface area contributed by atoms with Crippen LogP contribution < -0.4 is 0 Å². The molecule has 2 atom stereocenters. The third kappa shape index (κ3) is 2.55. The van der Waals surface area contributed by atoms with Crippen LogP contribution in [-0.2, 0) is 23.7 Å². The first kappa shape index (κ1) is 11.0. The molecule has 1 aliphatic heterocycles. The van der Waals surface area contributed by atoms with Crippen molar-refractivity contribution >= 4 is 5.78 Å². The summed E-state index contributed by atoms with van der Waals surface area (Å²) in [5, 5.41) is 0. The van der Waals surface area contributed by atoms with Crippen molar-refractivity contribution in [3.63, 3.8) is 0 Å². The number of methoxy groups -OCH3 is 1. The minimum atomic E-state index is -0.388. The number of carbonyl (C=O) groups excluding carboxylic acids is 1. The van der Waals surface area contributed by atoms with E-state index in [-0.39, 0.29) is 24.1 Å². The molecule has 0 bridgehead atoms. The fourth-order valence-electron chi connectivity index (χ4n) is 1.59. The SMILES string of the molecule is COCCOC1C(=O)CC1OC1COC1. The molecule has 2 fully saturated rings. The van der Waals surface area contributed by atoms with Crippen molar-refractivity contribution < 1.29 is 23.7 Å². The first-order valence-corrected chi connectivity index (χ1v) is 5.17. The Bertz CT molecular complexity index is 226. The predicted molar refractivity (Wildman–Crippen MR) is 50.7 cm³/mol. The van der Waals surface area contributed by atoms with Crippen molar-refractivity contribution in [2.45, 2.75) is 24.7 Å². The number of Topliss-reactive ketones (excluding diaryl/α,β-unsaturated/α-hetero) is 1. The zero-order valence-electron chi connectivity index (χ0n) is 8.81. The van der Waals surface area contributed by atoms with Crippen LogP contribution in [0.2, 0.25) is 0 Å². The molecule has 5 heteroatoms. The van der Waals surface area contributed by atoms with Crippen molar-refractivity contribution in [3.05, 3.63) is 0 Å². The van der Waals surface area contributed by atoms with E-state index in [0.717, 1.165) is 0 Å². The van der Waals surface area contributed by atoms with Crippen molar-refractivity contribution in [2.24, 2.45) is 0 Å². The molecule has 15 heavy (non-hydrogen) atoms. The molecule has 0 aromatic heterocycles. The molecule has 2 unspecified atom stereocenters. The van der Waals surface area contributed by atoms with Gasteiger partial charge in [-0.05, 0) is 0 Å². The molecule has 1 heterocycles. The number of rotatable bonds is 6. The summed E-state index contributed by atoms with van der Waals surface area (Å²) in [5.41, 5.74) is 0. The Labute approximate surface area is 88.6 Å². The average molecular weight is 216 g/mol. The fourth-order valence-corrected chi connectivity index (χ4v) is 1.59. The fraction of sp³-hybridized carbons (Fsp3) is 0.900. The maximum Gasteiger partial charge on any atom is 0.166 e. The lowest BCUT2D eigenvalue weighted by Gasteiger charge is -2.39. The summed E-state index contributed by atoms with van der Waals surface area (Å²) >= 11 is 0. The molecule has 5 nitrogen and oxygen atoms in total. The van der Waals surface area contributed by atoms with E-state index in [2.05, 4.69) is 0 Å². The molecule has 0 aromatic carbocycles. The Kier molecular flexibility index (Phi) is 3.69. The van der Waals surface area contributed by atoms with Gasteiger partial charge in [-0.15, -0.1) is 0 Å². The van der Waals surface area contributed by atoms with Gasteiger partial charge in [0.15, 0.2) is 5.78 Å². The first-order valence-electron chi connectivity index (χ1n) is 5.17. The summed E-state index contributed by atoms with van der Waals surface area (Å²) in [7, 11) is 1.60. The van der Waals surface area contributed by atoms with Gasteiger partial charge in [-0.1, -0.05) is 0 Å². The van der Waals surface area contributed by atoms with Crippen LogP contribution in [0.15, 0.2) is 0 Å². The van der Waals surface area contributed by atoms with Gasteiger partial charge < -0.3 is 18.9 Å². The lowest BCUT2D eigenvalue weighted by molar-refractivity contribution is -0.207. The molecule has 1 saturated heterocycles. The minimum Gasteiger partial charge on any atom is -0.382 e. The molecule has 86 valence electrons. The van der Waals surface area contributed by atoms with Gasteiger partial charge in [0.1, 0.15) is 12.2 Å². The second-order valence-electron chi connectivity index (χ2n) is 3.79. The van der Waals surface area contributed by atoms with Crippen molar-refractivity contribution in [1.82, 2.24) is 0 Å². The molecular formula is C10H16O5. The lowest BCUT2D eigenvalue weighted by atomic mass is 9.89. The first-order chi connectivity index (χ1) is 7.31. The summed E-state index contributed by atoms with van der Waals surface area (Å²) in [6, 6.07) is 0. The number of ketones is 1. The maximum absolute atomic E-state index is 11.2. The van der Waals surface area contributed by atoms with Crippen LogP contribution in [0.1, 0.15) is 6.42 Å². The van der Waals surface area contributed by atoms with E-state index in [9.17, 15) is 4.79 Å². The summed E-state index contributed by atoms with van der Waals surface area (Å²) in [5.74, 6) is 0.122. The Balaban J connectivity index is 1.68. The zero-order chi connectivity index (χ0) is 10.7. The molecule has 0 aromatic rings. The second-order valence-corrected chi connectivity index (χ2v) is 3.79. The average Bonchev–Trinajstić information content (AvgIpc) is 2.16. The standard InChI is InChI=1S/C10H16O5/c1-12-2-3-14-10-8(11)4-9(10)15-7-5-13-6-7/h7,9-10H,2-6H2,1H3. The summed E-state index contributed by atoms with van der Waals surface area (Å²) in [6.07, 6.45) is 0.148. The van der Waals surface area contributed by atoms with Gasteiger partial charge in [-0.25, -0.2) is 0 Å². The van der Waals surface area contributed by atoms with Crippen LogP contribution >= 0.6 is 0 Å².